The van der Waals surface area contributed by atoms with Gasteiger partial charge in [0.1, 0.15) is 5.75 Å². The van der Waals surface area contributed by atoms with Gasteiger partial charge in [-0.15, -0.1) is 0 Å². The van der Waals surface area contributed by atoms with Gasteiger partial charge in [0.2, 0.25) is 0 Å². The van der Waals surface area contributed by atoms with Crippen molar-refractivity contribution >= 4 is 10.8 Å². The Hall–Kier alpha value is -2.28. The lowest BCUT2D eigenvalue weighted by Crippen LogP contribution is -1.97. The van der Waals surface area contributed by atoms with Crippen LogP contribution < -0.4 is 0 Å². The van der Waals surface area contributed by atoms with Gasteiger partial charge in [-0.2, -0.15) is 0 Å². The van der Waals surface area contributed by atoms with E-state index in [1.54, 1.807) is 0 Å². The summed E-state index contributed by atoms with van der Waals surface area (Å²) in [5.74, 6) is 1.59. The minimum absolute atomic E-state index is 0.364. The van der Waals surface area contributed by atoms with Gasteiger partial charge in [-0.05, 0) is 77.1 Å². The maximum absolute atomic E-state index is 10.7. The molecule has 0 aromatic heterocycles. The van der Waals surface area contributed by atoms with Crippen molar-refractivity contribution in [2.75, 3.05) is 0 Å². The minimum Gasteiger partial charge on any atom is -0.507 e. The molecule has 0 heterocycles. The molecule has 1 unspecified atom stereocenters. The van der Waals surface area contributed by atoms with Gasteiger partial charge in [-0.3, -0.25) is 0 Å². The Morgan fingerprint density at radius 2 is 1.32 bits per heavy atom. The molecule has 0 fully saturated rings. The van der Waals surface area contributed by atoms with Crippen LogP contribution in [0.15, 0.2) is 54.6 Å². The van der Waals surface area contributed by atoms with E-state index in [2.05, 4.69) is 76.2 Å². The third-order valence-corrected chi connectivity index (χ3v) is 6.26. The fourth-order valence-corrected chi connectivity index (χ4v) is 4.44. The number of hydrogen-bond donors (Lipinski definition) is 1. The summed E-state index contributed by atoms with van der Waals surface area (Å²) in [6.07, 6.45) is 5.90. The zero-order valence-electron chi connectivity index (χ0n) is 17.8. The van der Waals surface area contributed by atoms with Gasteiger partial charge in [0.25, 0.3) is 0 Å². The van der Waals surface area contributed by atoms with Crippen LogP contribution in [0.5, 0.6) is 5.75 Å². The number of fused-ring (bicyclic) bond motifs is 1. The van der Waals surface area contributed by atoms with Crippen LogP contribution in [0.2, 0.25) is 0 Å². The predicted octanol–water partition coefficient (Wildman–Crippen LogP) is 8.41. The molecule has 0 spiro atoms. The second kappa shape index (κ2) is 9.28. The SMILES string of the molecule is CCCC(CC)c1ccc2cc(-c3ccc(C(CC)CC)cc3)c(O)cc2c1. The minimum atomic E-state index is 0.364. The maximum Gasteiger partial charge on any atom is 0.124 e. The predicted molar refractivity (Wildman–Crippen MR) is 122 cm³/mol. The van der Waals surface area contributed by atoms with E-state index < -0.39 is 0 Å². The van der Waals surface area contributed by atoms with Gasteiger partial charge in [0.15, 0.2) is 0 Å². The van der Waals surface area contributed by atoms with E-state index in [1.165, 1.54) is 29.4 Å². The summed E-state index contributed by atoms with van der Waals surface area (Å²) in [4.78, 5) is 0. The number of hydrogen-bond acceptors (Lipinski definition) is 1. The molecule has 0 radical (unpaired) electrons. The Bertz CT molecular complexity index is 903. The molecular weight excluding hydrogens is 340 g/mol. The van der Waals surface area contributed by atoms with E-state index in [4.69, 9.17) is 0 Å². The highest BCUT2D eigenvalue weighted by Gasteiger charge is 2.12. The molecule has 0 aliphatic heterocycles. The Kier molecular flexibility index (Phi) is 6.78. The highest BCUT2D eigenvalue weighted by molar-refractivity contribution is 5.91. The smallest absolute Gasteiger partial charge is 0.124 e. The lowest BCUT2D eigenvalue weighted by atomic mass is 9.89. The van der Waals surface area contributed by atoms with Gasteiger partial charge in [-0.25, -0.2) is 0 Å². The number of phenolic OH excluding ortho intramolecular Hbond substituents is 1. The quantitative estimate of drug-likeness (QED) is 0.419. The lowest BCUT2D eigenvalue weighted by Gasteiger charge is -2.16. The highest BCUT2D eigenvalue weighted by Crippen LogP contribution is 2.36. The zero-order chi connectivity index (χ0) is 20.1. The van der Waals surface area contributed by atoms with Crippen LogP contribution in [0.25, 0.3) is 21.9 Å². The van der Waals surface area contributed by atoms with Crippen LogP contribution >= 0.6 is 0 Å². The molecule has 0 saturated heterocycles. The highest BCUT2D eigenvalue weighted by atomic mass is 16.3. The fourth-order valence-electron chi connectivity index (χ4n) is 4.44. The molecule has 1 heteroatoms. The van der Waals surface area contributed by atoms with Gasteiger partial charge >= 0.3 is 0 Å². The van der Waals surface area contributed by atoms with Gasteiger partial charge in [0.05, 0.1) is 0 Å². The van der Waals surface area contributed by atoms with Crippen LogP contribution in [-0.2, 0) is 0 Å². The van der Waals surface area contributed by atoms with Crippen molar-refractivity contribution < 1.29 is 5.11 Å². The van der Waals surface area contributed by atoms with Crippen molar-refractivity contribution in [3.8, 4) is 16.9 Å². The molecule has 1 nitrogen and oxygen atoms in total. The second-order valence-electron chi connectivity index (χ2n) is 8.01. The molecule has 0 bridgehead atoms. The van der Waals surface area contributed by atoms with Crippen molar-refractivity contribution in [1.82, 2.24) is 0 Å². The summed E-state index contributed by atoms with van der Waals surface area (Å²) in [7, 11) is 0. The molecule has 3 aromatic rings. The van der Waals surface area contributed by atoms with Crippen LogP contribution in [0.3, 0.4) is 0 Å². The lowest BCUT2D eigenvalue weighted by molar-refractivity contribution is 0.478. The van der Waals surface area contributed by atoms with E-state index in [1.807, 2.05) is 6.07 Å². The summed E-state index contributed by atoms with van der Waals surface area (Å²) in [5, 5.41) is 13.0. The average Bonchev–Trinajstić information content (AvgIpc) is 2.72. The van der Waals surface area contributed by atoms with Crippen LogP contribution in [0.4, 0.5) is 0 Å². The van der Waals surface area contributed by atoms with Gasteiger partial charge in [0, 0.05) is 5.56 Å². The molecule has 1 atom stereocenters. The molecule has 0 aliphatic carbocycles. The number of benzene rings is 3. The van der Waals surface area contributed by atoms with E-state index in [9.17, 15) is 5.11 Å². The van der Waals surface area contributed by atoms with E-state index >= 15 is 0 Å². The van der Waals surface area contributed by atoms with Crippen molar-refractivity contribution in [3.05, 3.63) is 65.7 Å². The topological polar surface area (TPSA) is 20.2 Å². The molecule has 0 amide bonds. The molecule has 0 saturated carbocycles. The third kappa shape index (κ3) is 4.24. The molecule has 3 aromatic carbocycles. The Morgan fingerprint density at radius 1 is 0.679 bits per heavy atom. The molecular formula is C27H34O. The van der Waals surface area contributed by atoms with Crippen LogP contribution in [-0.4, -0.2) is 5.11 Å². The summed E-state index contributed by atoms with van der Waals surface area (Å²) in [6.45, 7) is 9.00. The average molecular weight is 375 g/mol. The van der Waals surface area contributed by atoms with Crippen molar-refractivity contribution in [1.29, 1.82) is 0 Å². The summed E-state index contributed by atoms with van der Waals surface area (Å²) < 4.78 is 0. The monoisotopic (exact) mass is 374 g/mol. The Labute approximate surface area is 170 Å². The second-order valence-corrected chi connectivity index (χ2v) is 8.01. The molecule has 3 rings (SSSR count). The van der Waals surface area contributed by atoms with Crippen molar-refractivity contribution in [2.45, 2.75) is 71.6 Å². The van der Waals surface area contributed by atoms with Crippen LogP contribution in [0, 0.1) is 0 Å². The molecule has 28 heavy (non-hydrogen) atoms. The first kappa shape index (κ1) is 20.5. The number of phenols is 1. The van der Waals surface area contributed by atoms with Crippen molar-refractivity contribution in [2.24, 2.45) is 0 Å². The summed E-state index contributed by atoms with van der Waals surface area (Å²) in [6, 6.07) is 19.5. The Morgan fingerprint density at radius 3 is 1.93 bits per heavy atom. The normalized spacial score (nSPS) is 12.6. The van der Waals surface area contributed by atoms with Gasteiger partial charge < -0.3 is 5.11 Å². The summed E-state index contributed by atoms with van der Waals surface area (Å²) >= 11 is 0. The molecule has 0 aliphatic rings. The largest absolute Gasteiger partial charge is 0.507 e. The van der Waals surface area contributed by atoms with E-state index in [0.717, 1.165) is 35.8 Å². The first-order valence-electron chi connectivity index (χ1n) is 11.0. The third-order valence-electron chi connectivity index (χ3n) is 6.26. The molecule has 1 N–H and O–H groups in total. The first-order valence-corrected chi connectivity index (χ1v) is 11.0. The summed E-state index contributed by atoms with van der Waals surface area (Å²) in [5.41, 5.74) is 4.77. The van der Waals surface area contributed by atoms with Crippen LogP contribution in [0.1, 0.15) is 82.8 Å². The van der Waals surface area contributed by atoms with E-state index in [-0.39, 0.29) is 0 Å². The Balaban J connectivity index is 1.96. The number of aromatic hydroxyl groups is 1. The maximum atomic E-state index is 10.7. The van der Waals surface area contributed by atoms with E-state index in [0.29, 0.717) is 17.6 Å². The zero-order valence-corrected chi connectivity index (χ0v) is 17.8. The molecule has 148 valence electrons. The number of rotatable bonds is 8. The van der Waals surface area contributed by atoms with Gasteiger partial charge in [-0.1, -0.05) is 76.6 Å². The standard InChI is InChI=1S/C27H34O/c1-5-9-20(8-4)23-14-15-24-17-26(27(28)18-25(24)16-23)22-12-10-21(11-13-22)19(6-2)7-3/h10-20,28H,5-9H2,1-4H3. The van der Waals surface area contributed by atoms with Crippen molar-refractivity contribution in [3.63, 3.8) is 0 Å². The first-order chi connectivity index (χ1) is 13.6. The fraction of sp³-hybridized carbons (Fsp3) is 0.407.